The molecule has 0 aliphatic heterocycles. The molecule has 0 radical (unpaired) electrons. The molecule has 2 aromatic rings. The maximum Gasteiger partial charge on any atom is 0.261 e. The van der Waals surface area contributed by atoms with Crippen LogP contribution in [-0.4, -0.2) is 20.9 Å². The molecule has 0 atom stereocenters. The molecule has 7 heteroatoms. The van der Waals surface area contributed by atoms with E-state index in [1.807, 2.05) is 0 Å². The first-order valence-electron chi connectivity index (χ1n) is 9.70. The normalized spacial score (nSPS) is 14.2. The smallest absolute Gasteiger partial charge is 0.261 e. The fourth-order valence-corrected chi connectivity index (χ4v) is 4.39. The van der Waals surface area contributed by atoms with Crippen molar-refractivity contribution in [2.45, 2.75) is 43.9 Å². The van der Waals surface area contributed by atoms with E-state index in [0.717, 1.165) is 19.3 Å². The van der Waals surface area contributed by atoms with Crippen molar-refractivity contribution in [2.24, 2.45) is 0 Å². The van der Waals surface area contributed by atoms with Crippen molar-refractivity contribution < 1.29 is 17.6 Å². The Hall–Kier alpha value is -2.67. The molecule has 5 nitrogen and oxygen atoms in total. The summed E-state index contributed by atoms with van der Waals surface area (Å²) < 4.78 is 40.7. The molecule has 0 saturated heterocycles. The highest BCUT2D eigenvalue weighted by atomic mass is 32.2. The zero-order chi connectivity index (χ0) is 20.9. The average Bonchev–Trinajstić information content (AvgIpc) is 2.70. The summed E-state index contributed by atoms with van der Waals surface area (Å²) in [6.45, 7) is 2.29. The number of anilines is 1. The van der Waals surface area contributed by atoms with Crippen LogP contribution in [-0.2, 0) is 10.0 Å². The van der Waals surface area contributed by atoms with Crippen molar-refractivity contribution in [3.8, 4) is 0 Å². The van der Waals surface area contributed by atoms with Gasteiger partial charge < -0.3 is 5.32 Å². The van der Waals surface area contributed by atoms with Crippen molar-refractivity contribution in [2.75, 3.05) is 11.3 Å². The number of allylic oxidation sites excluding steroid dienone is 1. The minimum absolute atomic E-state index is 0.0208. The van der Waals surface area contributed by atoms with Crippen LogP contribution in [0, 0.1) is 12.7 Å². The van der Waals surface area contributed by atoms with Crippen molar-refractivity contribution >= 4 is 21.6 Å². The van der Waals surface area contributed by atoms with E-state index in [1.54, 1.807) is 13.0 Å². The third-order valence-electron chi connectivity index (χ3n) is 4.98. The number of hydrogen-bond acceptors (Lipinski definition) is 3. The van der Waals surface area contributed by atoms with Gasteiger partial charge in [0.25, 0.3) is 15.9 Å². The summed E-state index contributed by atoms with van der Waals surface area (Å²) >= 11 is 0. The lowest BCUT2D eigenvalue weighted by Crippen LogP contribution is -2.26. The van der Waals surface area contributed by atoms with Crippen molar-refractivity contribution in [1.82, 2.24) is 5.32 Å². The molecular weight excluding hydrogens is 391 g/mol. The molecule has 0 saturated carbocycles. The number of nitrogens with one attached hydrogen (secondary N) is 2. The summed E-state index contributed by atoms with van der Waals surface area (Å²) in [5.74, 6) is -0.746. The highest BCUT2D eigenvalue weighted by molar-refractivity contribution is 7.92. The van der Waals surface area contributed by atoms with Crippen LogP contribution in [0.25, 0.3) is 0 Å². The summed E-state index contributed by atoms with van der Waals surface area (Å²) in [4.78, 5) is 12.6. The number of benzene rings is 2. The molecule has 0 aromatic heterocycles. The van der Waals surface area contributed by atoms with Gasteiger partial charge in [-0.2, -0.15) is 0 Å². The first kappa shape index (κ1) is 21.0. The van der Waals surface area contributed by atoms with Crippen LogP contribution in [0.15, 0.2) is 59.0 Å². The second-order valence-electron chi connectivity index (χ2n) is 7.20. The Morgan fingerprint density at radius 1 is 1.10 bits per heavy atom. The molecule has 3 rings (SSSR count). The van der Waals surface area contributed by atoms with Gasteiger partial charge in [0.1, 0.15) is 5.82 Å². The highest BCUT2D eigenvalue weighted by Gasteiger charge is 2.18. The number of rotatable bonds is 7. The molecule has 2 N–H and O–H groups in total. The number of carbonyl (C=O) groups is 1. The average molecular weight is 417 g/mol. The van der Waals surface area contributed by atoms with Crippen molar-refractivity contribution in [3.63, 3.8) is 0 Å². The van der Waals surface area contributed by atoms with E-state index in [-0.39, 0.29) is 16.5 Å². The Bertz CT molecular complexity index is 1010. The van der Waals surface area contributed by atoms with E-state index in [0.29, 0.717) is 17.7 Å². The van der Waals surface area contributed by atoms with Crippen LogP contribution in [0.4, 0.5) is 10.1 Å². The summed E-state index contributed by atoms with van der Waals surface area (Å²) in [5.41, 5.74) is 2.64. The SMILES string of the molecule is Cc1ccc(S(=O)(=O)Nc2ccc(F)cc2)cc1C(=O)NCCC1=CCCCC1. The first-order valence-corrected chi connectivity index (χ1v) is 11.2. The maximum absolute atomic E-state index is 13.0. The van der Waals surface area contributed by atoms with Gasteiger partial charge in [0.15, 0.2) is 0 Å². The van der Waals surface area contributed by atoms with Gasteiger partial charge in [0.2, 0.25) is 0 Å². The van der Waals surface area contributed by atoms with Gasteiger partial charge >= 0.3 is 0 Å². The molecule has 1 aliphatic rings. The molecule has 0 heterocycles. The van der Waals surface area contributed by atoms with E-state index >= 15 is 0 Å². The molecular formula is C22H25FN2O3S. The molecule has 2 aromatic carbocycles. The lowest BCUT2D eigenvalue weighted by molar-refractivity contribution is 0.0953. The Morgan fingerprint density at radius 3 is 2.55 bits per heavy atom. The summed E-state index contributed by atoms with van der Waals surface area (Å²) in [6, 6.07) is 9.46. The van der Waals surface area contributed by atoms with E-state index in [9.17, 15) is 17.6 Å². The van der Waals surface area contributed by atoms with Gasteiger partial charge in [-0.3, -0.25) is 9.52 Å². The lowest BCUT2D eigenvalue weighted by atomic mass is 9.97. The number of carbonyl (C=O) groups excluding carboxylic acids is 1. The molecule has 1 aliphatic carbocycles. The zero-order valence-electron chi connectivity index (χ0n) is 16.4. The fraction of sp³-hybridized carbons (Fsp3) is 0.318. The van der Waals surface area contributed by atoms with Crippen molar-refractivity contribution in [1.29, 1.82) is 0 Å². The standard InChI is InChI=1S/C22H25FN2O3S/c1-16-7-12-20(29(27,28)25-19-10-8-18(23)9-11-19)15-21(16)22(26)24-14-13-17-5-3-2-4-6-17/h5,7-12,15,25H,2-4,6,13-14H2,1H3,(H,24,26). The Morgan fingerprint density at radius 2 is 1.86 bits per heavy atom. The monoisotopic (exact) mass is 416 g/mol. The number of aryl methyl sites for hydroxylation is 1. The largest absolute Gasteiger partial charge is 0.352 e. The van der Waals surface area contributed by atoms with Crippen LogP contribution in [0.3, 0.4) is 0 Å². The van der Waals surface area contributed by atoms with Crippen LogP contribution < -0.4 is 10.0 Å². The number of halogens is 1. The second kappa shape index (κ2) is 9.22. The molecule has 154 valence electrons. The lowest BCUT2D eigenvalue weighted by Gasteiger charge is -2.14. The van der Waals surface area contributed by atoms with E-state index in [1.165, 1.54) is 54.8 Å². The van der Waals surface area contributed by atoms with Crippen molar-refractivity contribution in [3.05, 3.63) is 71.1 Å². The van der Waals surface area contributed by atoms with Crippen LogP contribution in [0.2, 0.25) is 0 Å². The zero-order valence-corrected chi connectivity index (χ0v) is 17.2. The summed E-state index contributed by atoms with van der Waals surface area (Å²) in [7, 11) is -3.90. The van der Waals surface area contributed by atoms with E-state index in [2.05, 4.69) is 16.1 Å². The second-order valence-corrected chi connectivity index (χ2v) is 8.89. The molecule has 0 unspecified atom stereocenters. The Labute approximate surface area is 171 Å². The molecule has 0 fully saturated rings. The Balaban J connectivity index is 1.70. The predicted molar refractivity (Wildman–Crippen MR) is 112 cm³/mol. The van der Waals surface area contributed by atoms with E-state index in [4.69, 9.17) is 0 Å². The minimum Gasteiger partial charge on any atom is -0.352 e. The predicted octanol–water partition coefficient (Wildman–Crippen LogP) is 4.56. The van der Waals surface area contributed by atoms with Gasteiger partial charge in [-0.05, 0) is 81.0 Å². The quantitative estimate of drug-likeness (QED) is 0.650. The highest BCUT2D eigenvalue weighted by Crippen LogP contribution is 2.21. The molecule has 29 heavy (non-hydrogen) atoms. The third-order valence-corrected chi connectivity index (χ3v) is 6.36. The summed E-state index contributed by atoms with van der Waals surface area (Å²) in [6.07, 6.45) is 7.66. The van der Waals surface area contributed by atoms with Crippen LogP contribution in [0.1, 0.15) is 48.0 Å². The number of sulfonamides is 1. The van der Waals surface area contributed by atoms with Gasteiger partial charge in [-0.1, -0.05) is 17.7 Å². The molecule has 1 amide bonds. The fourth-order valence-electron chi connectivity index (χ4n) is 3.31. The maximum atomic E-state index is 13.0. The van der Waals surface area contributed by atoms with Gasteiger partial charge in [-0.15, -0.1) is 0 Å². The van der Waals surface area contributed by atoms with E-state index < -0.39 is 15.8 Å². The number of amides is 1. The third kappa shape index (κ3) is 5.67. The Kier molecular flexibility index (Phi) is 6.69. The first-order chi connectivity index (χ1) is 13.8. The van der Waals surface area contributed by atoms with Crippen LogP contribution >= 0.6 is 0 Å². The van der Waals surface area contributed by atoms with Gasteiger partial charge in [0.05, 0.1) is 4.90 Å². The van der Waals surface area contributed by atoms with Gasteiger partial charge in [-0.25, -0.2) is 12.8 Å². The molecule has 0 spiro atoms. The van der Waals surface area contributed by atoms with Gasteiger partial charge in [0, 0.05) is 17.8 Å². The molecule has 0 bridgehead atoms. The number of hydrogen-bond donors (Lipinski definition) is 2. The summed E-state index contributed by atoms with van der Waals surface area (Å²) in [5, 5.41) is 2.89. The topological polar surface area (TPSA) is 75.3 Å². The minimum atomic E-state index is -3.90. The van der Waals surface area contributed by atoms with Crippen LogP contribution in [0.5, 0.6) is 0 Å².